The molecule has 0 aliphatic rings. The number of ether oxygens (including phenoxy) is 1. The molecule has 1 atom stereocenters. The van der Waals surface area contributed by atoms with Gasteiger partial charge in [-0.1, -0.05) is 17.7 Å². The highest BCUT2D eigenvalue weighted by Crippen LogP contribution is 2.28. The first-order valence-electron chi connectivity index (χ1n) is 6.13. The van der Waals surface area contributed by atoms with E-state index in [1.54, 1.807) is 6.20 Å². The van der Waals surface area contributed by atoms with E-state index in [2.05, 4.69) is 4.98 Å². The molecule has 0 fully saturated rings. The number of nitrogens with zero attached hydrogens (tertiary/aromatic N) is 1. The second-order valence-corrected chi connectivity index (χ2v) is 5.07. The fourth-order valence-electron chi connectivity index (χ4n) is 1.81. The molecule has 0 bridgehead atoms. The Balaban J connectivity index is 2.21. The number of nitrogens with two attached hydrogens (primary N) is 1. The third-order valence-corrected chi connectivity index (χ3v) is 3.51. The van der Waals surface area contributed by atoms with Crippen LogP contribution < -0.4 is 10.5 Å². The third-order valence-electron chi connectivity index (χ3n) is 2.92. The minimum Gasteiger partial charge on any atom is -0.439 e. The summed E-state index contributed by atoms with van der Waals surface area (Å²) in [6, 6.07) is 7.51. The van der Waals surface area contributed by atoms with Gasteiger partial charge >= 0.3 is 0 Å². The summed E-state index contributed by atoms with van der Waals surface area (Å²) >= 11 is 6.12. The van der Waals surface area contributed by atoms with E-state index in [4.69, 9.17) is 22.1 Å². The molecule has 0 saturated heterocycles. The van der Waals surface area contributed by atoms with Crippen LogP contribution in [-0.4, -0.2) is 4.98 Å². The minimum absolute atomic E-state index is 0.0263. The van der Waals surface area contributed by atoms with Crippen LogP contribution in [0.4, 0.5) is 0 Å². The predicted octanol–water partition coefficient (Wildman–Crippen LogP) is 4.16. The topological polar surface area (TPSA) is 48.1 Å². The molecular weight excluding hydrogens is 260 g/mol. The average Bonchev–Trinajstić information content (AvgIpc) is 2.36. The molecule has 1 aromatic heterocycles. The molecule has 0 aliphatic heterocycles. The summed E-state index contributed by atoms with van der Waals surface area (Å²) in [5.41, 5.74) is 8.74. The van der Waals surface area contributed by atoms with Crippen molar-refractivity contribution in [2.45, 2.75) is 26.8 Å². The normalized spacial score (nSPS) is 12.3. The van der Waals surface area contributed by atoms with E-state index < -0.39 is 0 Å². The van der Waals surface area contributed by atoms with Crippen molar-refractivity contribution in [1.29, 1.82) is 0 Å². The highest BCUT2D eigenvalue weighted by atomic mass is 35.5. The largest absolute Gasteiger partial charge is 0.439 e. The fourth-order valence-corrected chi connectivity index (χ4v) is 1.92. The van der Waals surface area contributed by atoms with E-state index in [-0.39, 0.29) is 6.04 Å². The van der Waals surface area contributed by atoms with E-state index in [1.165, 1.54) is 0 Å². The molecular formula is C15H17ClN2O. The molecule has 0 spiro atoms. The Morgan fingerprint density at radius 2 is 1.84 bits per heavy atom. The molecule has 4 heteroatoms. The number of aryl methyl sites for hydroxylation is 2. The maximum Gasteiger partial charge on any atom is 0.219 e. The van der Waals surface area contributed by atoms with Crippen molar-refractivity contribution >= 4 is 11.6 Å². The van der Waals surface area contributed by atoms with Crippen LogP contribution in [0, 0.1) is 13.8 Å². The number of aromatic nitrogens is 1. The van der Waals surface area contributed by atoms with Crippen molar-refractivity contribution in [1.82, 2.24) is 4.98 Å². The molecule has 2 N–H and O–H groups in total. The highest BCUT2D eigenvalue weighted by Gasteiger charge is 2.06. The molecule has 0 radical (unpaired) electrons. The zero-order valence-electron chi connectivity index (χ0n) is 11.3. The smallest absolute Gasteiger partial charge is 0.219 e. The number of pyridine rings is 1. The molecule has 0 saturated carbocycles. The van der Waals surface area contributed by atoms with Crippen LogP contribution in [0.2, 0.25) is 5.02 Å². The lowest BCUT2D eigenvalue weighted by Gasteiger charge is -2.10. The van der Waals surface area contributed by atoms with Gasteiger partial charge in [-0.15, -0.1) is 0 Å². The number of hydrogen-bond donors (Lipinski definition) is 1. The van der Waals surface area contributed by atoms with Crippen LogP contribution in [-0.2, 0) is 0 Å². The first-order chi connectivity index (χ1) is 8.97. The Morgan fingerprint density at radius 1 is 1.21 bits per heavy atom. The van der Waals surface area contributed by atoms with E-state index in [1.807, 2.05) is 45.0 Å². The molecule has 0 aliphatic carbocycles. The van der Waals surface area contributed by atoms with Gasteiger partial charge in [0.1, 0.15) is 5.75 Å². The van der Waals surface area contributed by atoms with Crippen LogP contribution in [0.25, 0.3) is 0 Å². The summed E-state index contributed by atoms with van der Waals surface area (Å²) < 4.78 is 5.72. The van der Waals surface area contributed by atoms with E-state index in [0.717, 1.165) is 27.5 Å². The summed E-state index contributed by atoms with van der Waals surface area (Å²) in [4.78, 5) is 4.24. The van der Waals surface area contributed by atoms with Crippen molar-refractivity contribution < 1.29 is 4.74 Å². The van der Waals surface area contributed by atoms with Gasteiger partial charge in [0.25, 0.3) is 0 Å². The van der Waals surface area contributed by atoms with Gasteiger partial charge in [-0.05, 0) is 49.6 Å². The van der Waals surface area contributed by atoms with Gasteiger partial charge in [0.2, 0.25) is 5.88 Å². The minimum atomic E-state index is -0.0263. The maximum atomic E-state index is 6.12. The van der Waals surface area contributed by atoms with E-state index in [0.29, 0.717) is 5.88 Å². The van der Waals surface area contributed by atoms with Gasteiger partial charge in [0.15, 0.2) is 0 Å². The third kappa shape index (κ3) is 3.25. The summed E-state index contributed by atoms with van der Waals surface area (Å²) in [5.74, 6) is 1.28. The Hall–Kier alpha value is -1.58. The van der Waals surface area contributed by atoms with Gasteiger partial charge in [-0.25, -0.2) is 4.98 Å². The summed E-state index contributed by atoms with van der Waals surface area (Å²) in [6.07, 6.45) is 1.73. The molecule has 1 heterocycles. The monoisotopic (exact) mass is 276 g/mol. The average molecular weight is 277 g/mol. The van der Waals surface area contributed by atoms with Crippen LogP contribution >= 0.6 is 11.6 Å². The standard InChI is InChI=1S/C15H17ClN2O/c1-9-6-13(7-10(2)15(9)16)19-14-5-4-12(8-18-14)11(3)17/h4-8,11H,17H2,1-3H3/t11-/m0/s1. The number of hydrogen-bond acceptors (Lipinski definition) is 3. The van der Waals surface area contributed by atoms with Crippen molar-refractivity contribution in [3.63, 3.8) is 0 Å². The van der Waals surface area contributed by atoms with Crippen LogP contribution in [0.5, 0.6) is 11.6 Å². The summed E-state index contributed by atoms with van der Waals surface area (Å²) in [7, 11) is 0. The molecule has 0 amide bonds. The zero-order chi connectivity index (χ0) is 14.0. The Bertz CT molecular complexity index is 556. The van der Waals surface area contributed by atoms with Crippen molar-refractivity contribution in [2.24, 2.45) is 5.73 Å². The molecule has 100 valence electrons. The molecule has 3 nitrogen and oxygen atoms in total. The Labute approximate surface area is 118 Å². The molecule has 1 aromatic carbocycles. The SMILES string of the molecule is Cc1cc(Oc2ccc([C@H](C)N)cn2)cc(C)c1Cl. The quantitative estimate of drug-likeness (QED) is 0.915. The second kappa shape index (κ2) is 5.59. The Kier molecular flexibility index (Phi) is 4.08. The number of rotatable bonds is 3. The maximum absolute atomic E-state index is 6.12. The molecule has 2 aromatic rings. The first kappa shape index (κ1) is 13.8. The lowest BCUT2D eigenvalue weighted by atomic mass is 10.1. The van der Waals surface area contributed by atoms with Gasteiger partial charge in [-0.2, -0.15) is 0 Å². The lowest BCUT2D eigenvalue weighted by molar-refractivity contribution is 0.461. The van der Waals surface area contributed by atoms with Crippen molar-refractivity contribution in [3.05, 3.63) is 52.2 Å². The number of halogens is 1. The summed E-state index contributed by atoms with van der Waals surface area (Å²) in [5, 5.41) is 0.771. The van der Waals surface area contributed by atoms with Crippen LogP contribution in [0.3, 0.4) is 0 Å². The van der Waals surface area contributed by atoms with Gasteiger partial charge in [0.05, 0.1) is 0 Å². The molecule has 19 heavy (non-hydrogen) atoms. The molecule has 0 unspecified atom stereocenters. The zero-order valence-corrected chi connectivity index (χ0v) is 12.0. The number of benzene rings is 1. The van der Waals surface area contributed by atoms with Crippen molar-refractivity contribution in [2.75, 3.05) is 0 Å². The molecule has 2 rings (SSSR count). The van der Waals surface area contributed by atoms with Gasteiger partial charge in [-0.3, -0.25) is 0 Å². The van der Waals surface area contributed by atoms with E-state index in [9.17, 15) is 0 Å². The lowest BCUT2D eigenvalue weighted by Crippen LogP contribution is -2.05. The van der Waals surface area contributed by atoms with Crippen LogP contribution in [0.1, 0.15) is 29.7 Å². The first-order valence-corrected chi connectivity index (χ1v) is 6.51. The van der Waals surface area contributed by atoms with Gasteiger partial charge < -0.3 is 10.5 Å². The summed E-state index contributed by atoms with van der Waals surface area (Å²) in [6.45, 7) is 5.83. The van der Waals surface area contributed by atoms with Crippen molar-refractivity contribution in [3.8, 4) is 11.6 Å². The second-order valence-electron chi connectivity index (χ2n) is 4.69. The van der Waals surface area contributed by atoms with E-state index >= 15 is 0 Å². The van der Waals surface area contributed by atoms with Gasteiger partial charge in [0, 0.05) is 23.3 Å². The van der Waals surface area contributed by atoms with Crippen LogP contribution in [0.15, 0.2) is 30.5 Å². The Morgan fingerprint density at radius 3 is 2.32 bits per heavy atom. The highest BCUT2D eigenvalue weighted by molar-refractivity contribution is 6.32. The fraction of sp³-hybridized carbons (Fsp3) is 0.267. The predicted molar refractivity (Wildman–Crippen MR) is 77.8 cm³/mol.